The number of amides is 1. The van der Waals surface area contributed by atoms with Crippen LogP contribution in [0.15, 0.2) is 0 Å². The number of ether oxygens (including phenoxy) is 1. The maximum Gasteiger partial charge on any atom is 0.255 e. The van der Waals surface area contributed by atoms with Crippen molar-refractivity contribution in [2.24, 2.45) is 5.73 Å². The van der Waals surface area contributed by atoms with Crippen molar-refractivity contribution in [3.63, 3.8) is 0 Å². The van der Waals surface area contributed by atoms with Gasteiger partial charge in [-0.25, -0.2) is 8.42 Å². The second-order valence-corrected chi connectivity index (χ2v) is 5.30. The van der Waals surface area contributed by atoms with Crippen LogP contribution in [0.1, 0.15) is 13.3 Å². The van der Waals surface area contributed by atoms with Gasteiger partial charge < -0.3 is 10.5 Å². The van der Waals surface area contributed by atoms with Gasteiger partial charge in [0, 0.05) is 13.0 Å². The molecule has 6 nitrogen and oxygen atoms in total. The second-order valence-electron chi connectivity index (χ2n) is 3.29. The number of hydrogen-bond acceptors (Lipinski definition) is 5. The summed E-state index contributed by atoms with van der Waals surface area (Å²) in [5.41, 5.74) is 4.47. The summed E-state index contributed by atoms with van der Waals surface area (Å²) in [7, 11) is -3.53. The van der Waals surface area contributed by atoms with Gasteiger partial charge in [-0.15, -0.1) is 0 Å². The number of sulfonamides is 1. The van der Waals surface area contributed by atoms with Gasteiger partial charge >= 0.3 is 0 Å². The van der Waals surface area contributed by atoms with Crippen molar-refractivity contribution >= 4 is 15.9 Å². The first kappa shape index (κ1) is 11.4. The fraction of sp³-hybridized carbons (Fsp3) is 0.857. The molecular formula is C7H14N2O4S. The molecule has 1 heterocycles. The summed E-state index contributed by atoms with van der Waals surface area (Å²) in [5, 5.41) is 0. The van der Waals surface area contributed by atoms with E-state index in [9.17, 15) is 13.2 Å². The van der Waals surface area contributed by atoms with Crippen LogP contribution in [0.5, 0.6) is 0 Å². The summed E-state index contributed by atoms with van der Waals surface area (Å²) < 4.78 is 29.0. The molecule has 0 radical (unpaired) electrons. The van der Waals surface area contributed by atoms with Crippen LogP contribution in [0.25, 0.3) is 0 Å². The summed E-state index contributed by atoms with van der Waals surface area (Å²) in [5.74, 6) is -0.827. The SMILES string of the molecule is CCS(=O)(=O)NC(=O)C1(N)CCOC1. The molecule has 1 unspecified atom stereocenters. The van der Waals surface area contributed by atoms with Gasteiger partial charge in [-0.3, -0.25) is 9.52 Å². The van der Waals surface area contributed by atoms with E-state index in [1.54, 1.807) is 0 Å². The molecule has 1 rings (SSSR count). The lowest BCUT2D eigenvalue weighted by Gasteiger charge is -2.19. The molecule has 1 aliphatic rings. The summed E-state index contributed by atoms with van der Waals surface area (Å²) in [6, 6.07) is 0. The summed E-state index contributed by atoms with van der Waals surface area (Å²) in [4.78, 5) is 11.4. The Bertz CT molecular complexity index is 319. The minimum Gasteiger partial charge on any atom is -0.379 e. The Labute approximate surface area is 82.8 Å². The number of hydrogen-bond donors (Lipinski definition) is 2. The second kappa shape index (κ2) is 3.84. The fourth-order valence-electron chi connectivity index (χ4n) is 1.07. The first-order chi connectivity index (χ1) is 6.40. The third-order valence-corrected chi connectivity index (χ3v) is 3.39. The Kier molecular flexibility index (Phi) is 3.13. The largest absolute Gasteiger partial charge is 0.379 e. The Balaban J connectivity index is 2.67. The lowest BCUT2D eigenvalue weighted by molar-refractivity contribution is -0.124. The van der Waals surface area contributed by atoms with Crippen LogP contribution in [0.2, 0.25) is 0 Å². The fourth-order valence-corrected chi connectivity index (χ4v) is 1.70. The van der Waals surface area contributed by atoms with E-state index in [2.05, 4.69) is 0 Å². The number of carbonyl (C=O) groups is 1. The van der Waals surface area contributed by atoms with Gasteiger partial charge in [0.05, 0.1) is 12.4 Å². The van der Waals surface area contributed by atoms with E-state index >= 15 is 0 Å². The minimum atomic E-state index is -3.53. The number of nitrogens with one attached hydrogen (secondary N) is 1. The maximum absolute atomic E-state index is 11.4. The van der Waals surface area contributed by atoms with Crippen molar-refractivity contribution in [3.8, 4) is 0 Å². The molecule has 0 aromatic rings. The van der Waals surface area contributed by atoms with Gasteiger partial charge in [-0.05, 0) is 6.92 Å². The van der Waals surface area contributed by atoms with Crippen molar-refractivity contribution in [3.05, 3.63) is 0 Å². The van der Waals surface area contributed by atoms with E-state index in [4.69, 9.17) is 10.5 Å². The maximum atomic E-state index is 11.4. The molecule has 3 N–H and O–H groups in total. The van der Waals surface area contributed by atoms with E-state index in [1.165, 1.54) is 6.92 Å². The van der Waals surface area contributed by atoms with Crippen molar-refractivity contribution < 1.29 is 17.9 Å². The molecular weight excluding hydrogens is 208 g/mol. The number of carbonyl (C=O) groups excluding carboxylic acids is 1. The third kappa shape index (κ3) is 2.43. The molecule has 0 saturated carbocycles. The van der Waals surface area contributed by atoms with Gasteiger partial charge in [0.15, 0.2) is 0 Å². The van der Waals surface area contributed by atoms with Gasteiger partial charge in [-0.1, -0.05) is 0 Å². The van der Waals surface area contributed by atoms with Crippen LogP contribution in [-0.2, 0) is 19.6 Å². The number of rotatable bonds is 3. The van der Waals surface area contributed by atoms with Crippen molar-refractivity contribution in [1.29, 1.82) is 0 Å². The minimum absolute atomic E-state index is 0.0675. The molecule has 82 valence electrons. The first-order valence-electron chi connectivity index (χ1n) is 4.31. The number of nitrogens with two attached hydrogens (primary N) is 1. The Morgan fingerprint density at radius 1 is 1.64 bits per heavy atom. The average Bonchev–Trinajstić information content (AvgIpc) is 2.53. The van der Waals surface area contributed by atoms with Gasteiger partial charge in [-0.2, -0.15) is 0 Å². The highest BCUT2D eigenvalue weighted by Crippen LogP contribution is 2.15. The quantitative estimate of drug-likeness (QED) is 0.610. The molecule has 1 aliphatic heterocycles. The van der Waals surface area contributed by atoms with Gasteiger partial charge in [0.2, 0.25) is 10.0 Å². The molecule has 1 atom stereocenters. The highest BCUT2D eigenvalue weighted by atomic mass is 32.2. The first-order valence-corrected chi connectivity index (χ1v) is 5.96. The standard InChI is InChI=1S/C7H14N2O4S/c1-2-14(11,12)9-6(10)7(8)3-4-13-5-7/h2-5,8H2,1H3,(H,9,10). The van der Waals surface area contributed by atoms with E-state index < -0.39 is 21.5 Å². The van der Waals surface area contributed by atoms with Crippen LogP contribution < -0.4 is 10.5 Å². The van der Waals surface area contributed by atoms with Crippen LogP contribution in [0.4, 0.5) is 0 Å². The van der Waals surface area contributed by atoms with E-state index in [0.29, 0.717) is 13.0 Å². The summed E-state index contributed by atoms with van der Waals surface area (Å²) >= 11 is 0. The molecule has 0 aromatic heterocycles. The highest BCUT2D eigenvalue weighted by Gasteiger charge is 2.39. The molecule has 0 aliphatic carbocycles. The zero-order valence-corrected chi connectivity index (χ0v) is 8.76. The highest BCUT2D eigenvalue weighted by molar-refractivity contribution is 7.90. The molecule has 0 spiro atoms. The van der Waals surface area contributed by atoms with Crippen LogP contribution in [0.3, 0.4) is 0 Å². The molecule has 0 bridgehead atoms. The zero-order valence-electron chi connectivity index (χ0n) is 7.95. The molecule has 1 amide bonds. The van der Waals surface area contributed by atoms with E-state index in [0.717, 1.165) is 0 Å². The van der Waals surface area contributed by atoms with E-state index in [-0.39, 0.29) is 12.4 Å². The van der Waals surface area contributed by atoms with Crippen molar-refractivity contribution in [1.82, 2.24) is 4.72 Å². The van der Waals surface area contributed by atoms with Crippen molar-refractivity contribution in [2.45, 2.75) is 18.9 Å². The Hall–Kier alpha value is -0.660. The molecule has 1 fully saturated rings. The van der Waals surface area contributed by atoms with E-state index in [1.807, 2.05) is 4.72 Å². The monoisotopic (exact) mass is 222 g/mol. The molecule has 7 heteroatoms. The van der Waals surface area contributed by atoms with Gasteiger partial charge in [0.1, 0.15) is 5.54 Å². The Morgan fingerprint density at radius 3 is 2.71 bits per heavy atom. The average molecular weight is 222 g/mol. The normalized spacial score (nSPS) is 27.6. The van der Waals surface area contributed by atoms with Crippen LogP contribution in [0, 0.1) is 0 Å². The predicted molar refractivity (Wildman–Crippen MR) is 50.0 cm³/mol. The lowest BCUT2D eigenvalue weighted by Crippen LogP contribution is -2.55. The lowest BCUT2D eigenvalue weighted by atomic mass is 10.0. The Morgan fingerprint density at radius 2 is 2.29 bits per heavy atom. The topological polar surface area (TPSA) is 98.5 Å². The zero-order chi connectivity index (χ0) is 10.8. The summed E-state index contributed by atoms with van der Waals surface area (Å²) in [6.45, 7) is 1.90. The van der Waals surface area contributed by atoms with Crippen molar-refractivity contribution in [2.75, 3.05) is 19.0 Å². The molecule has 14 heavy (non-hydrogen) atoms. The van der Waals surface area contributed by atoms with Crippen LogP contribution >= 0.6 is 0 Å². The third-order valence-electron chi connectivity index (χ3n) is 2.13. The molecule has 1 saturated heterocycles. The predicted octanol–water partition coefficient (Wildman–Crippen LogP) is -1.43. The van der Waals surface area contributed by atoms with Gasteiger partial charge in [0.25, 0.3) is 5.91 Å². The molecule has 0 aromatic carbocycles. The van der Waals surface area contributed by atoms with Crippen LogP contribution in [-0.4, -0.2) is 38.8 Å². The summed E-state index contributed by atoms with van der Waals surface area (Å²) in [6.07, 6.45) is 0.345. The smallest absolute Gasteiger partial charge is 0.255 e.